The Morgan fingerprint density at radius 3 is 1.96 bits per heavy atom. The molecule has 0 fully saturated rings. The van der Waals surface area contributed by atoms with E-state index >= 15 is 0 Å². The third-order valence-corrected chi connectivity index (χ3v) is 3.03. The molecule has 24 heavy (non-hydrogen) atoms. The number of nitrogens with zero attached hydrogens (tertiary/aromatic N) is 1. The first-order valence-corrected chi connectivity index (χ1v) is 6.57. The number of nitro benzene ring substituents is 1. The lowest BCUT2D eigenvalue weighted by Crippen LogP contribution is -2.42. The second-order valence-corrected chi connectivity index (χ2v) is 4.56. The molecule has 0 aliphatic carbocycles. The van der Waals surface area contributed by atoms with Crippen molar-refractivity contribution in [1.29, 1.82) is 0 Å². The van der Waals surface area contributed by atoms with Crippen molar-refractivity contribution >= 4 is 23.5 Å². The Hall–Kier alpha value is -3.75. The van der Waals surface area contributed by atoms with Gasteiger partial charge in [-0.25, -0.2) is 4.79 Å². The van der Waals surface area contributed by atoms with Gasteiger partial charge in [0.15, 0.2) is 0 Å². The molecule has 2 aromatic rings. The molecule has 0 aromatic heterocycles. The van der Waals surface area contributed by atoms with E-state index in [1.54, 1.807) is 0 Å². The molecule has 122 valence electrons. The van der Waals surface area contributed by atoms with Crippen LogP contribution in [0, 0.1) is 10.1 Å². The fourth-order valence-electron chi connectivity index (χ4n) is 1.86. The lowest BCUT2D eigenvalue weighted by Gasteiger charge is -2.09. The third-order valence-electron chi connectivity index (χ3n) is 3.03. The first-order valence-electron chi connectivity index (χ1n) is 6.57. The summed E-state index contributed by atoms with van der Waals surface area (Å²) < 4.78 is 0. The second kappa shape index (κ2) is 7.01. The number of carbonyl (C=O) groups is 3. The van der Waals surface area contributed by atoms with Gasteiger partial charge >= 0.3 is 5.97 Å². The molecule has 0 radical (unpaired) electrons. The summed E-state index contributed by atoms with van der Waals surface area (Å²) in [6.45, 7) is 0. The minimum absolute atomic E-state index is 0.0902. The molecule has 0 bridgehead atoms. The number of rotatable bonds is 4. The Morgan fingerprint density at radius 1 is 0.875 bits per heavy atom. The van der Waals surface area contributed by atoms with E-state index in [4.69, 9.17) is 5.11 Å². The van der Waals surface area contributed by atoms with Gasteiger partial charge in [-0.3, -0.25) is 30.6 Å². The molecule has 2 amide bonds. The smallest absolute Gasteiger partial charge is 0.336 e. The Kier molecular flexibility index (Phi) is 4.85. The van der Waals surface area contributed by atoms with Crippen LogP contribution in [0.3, 0.4) is 0 Å². The van der Waals surface area contributed by atoms with Crippen molar-refractivity contribution in [2.45, 2.75) is 0 Å². The molecule has 0 aliphatic rings. The summed E-state index contributed by atoms with van der Waals surface area (Å²) in [6, 6.07) is 10.3. The Morgan fingerprint density at radius 2 is 1.42 bits per heavy atom. The van der Waals surface area contributed by atoms with E-state index in [0.717, 1.165) is 12.1 Å². The molecule has 9 nitrogen and oxygen atoms in total. The minimum atomic E-state index is -1.28. The van der Waals surface area contributed by atoms with Crippen LogP contribution in [0.2, 0.25) is 0 Å². The van der Waals surface area contributed by atoms with Gasteiger partial charge < -0.3 is 5.11 Å². The molecule has 0 unspecified atom stereocenters. The van der Waals surface area contributed by atoms with E-state index in [-0.39, 0.29) is 22.4 Å². The van der Waals surface area contributed by atoms with Gasteiger partial charge in [0, 0.05) is 17.7 Å². The van der Waals surface area contributed by atoms with Gasteiger partial charge in [0.1, 0.15) is 0 Å². The van der Waals surface area contributed by atoms with Crippen molar-refractivity contribution in [1.82, 2.24) is 10.9 Å². The van der Waals surface area contributed by atoms with E-state index in [1.807, 2.05) is 0 Å². The highest BCUT2D eigenvalue weighted by Crippen LogP contribution is 2.12. The maximum absolute atomic E-state index is 12.0. The van der Waals surface area contributed by atoms with Crippen LogP contribution in [-0.2, 0) is 0 Å². The van der Waals surface area contributed by atoms with Gasteiger partial charge in [0.25, 0.3) is 17.5 Å². The van der Waals surface area contributed by atoms with Gasteiger partial charge in [-0.1, -0.05) is 12.1 Å². The van der Waals surface area contributed by atoms with E-state index in [9.17, 15) is 24.5 Å². The Balaban J connectivity index is 2.05. The molecule has 2 aromatic carbocycles. The number of hydrazine groups is 1. The topological polar surface area (TPSA) is 139 Å². The number of hydrogen-bond acceptors (Lipinski definition) is 5. The molecule has 9 heteroatoms. The first kappa shape index (κ1) is 16.6. The highest BCUT2D eigenvalue weighted by atomic mass is 16.6. The zero-order chi connectivity index (χ0) is 17.7. The number of benzene rings is 2. The zero-order valence-corrected chi connectivity index (χ0v) is 12.1. The van der Waals surface area contributed by atoms with E-state index in [0.29, 0.717) is 0 Å². The molecule has 0 aliphatic heterocycles. The lowest BCUT2D eigenvalue weighted by atomic mass is 10.1. The SMILES string of the molecule is O=C(NNC(=O)c1ccccc1C(=O)O)c1ccc([N+](=O)[O-])cc1. The number of amides is 2. The predicted molar refractivity (Wildman–Crippen MR) is 81.4 cm³/mol. The number of carboxylic acid groups (broad SMARTS) is 1. The summed E-state index contributed by atoms with van der Waals surface area (Å²) in [7, 11) is 0. The number of carboxylic acids is 1. The van der Waals surface area contributed by atoms with Crippen LogP contribution in [-0.4, -0.2) is 27.8 Å². The number of nitrogens with one attached hydrogen (secondary N) is 2. The van der Waals surface area contributed by atoms with Crippen molar-refractivity contribution in [2.75, 3.05) is 0 Å². The fourth-order valence-corrected chi connectivity index (χ4v) is 1.86. The summed E-state index contributed by atoms with van der Waals surface area (Å²) in [5.74, 6) is -2.78. The van der Waals surface area contributed by atoms with Gasteiger partial charge in [-0.15, -0.1) is 0 Å². The summed E-state index contributed by atoms with van der Waals surface area (Å²) >= 11 is 0. The first-order chi connectivity index (χ1) is 11.4. The summed E-state index contributed by atoms with van der Waals surface area (Å²) in [4.78, 5) is 44.8. The molecule has 2 rings (SSSR count). The van der Waals surface area contributed by atoms with Gasteiger partial charge in [-0.2, -0.15) is 0 Å². The van der Waals surface area contributed by atoms with E-state index in [2.05, 4.69) is 10.9 Å². The zero-order valence-electron chi connectivity index (χ0n) is 12.1. The monoisotopic (exact) mass is 329 g/mol. The van der Waals surface area contributed by atoms with Crippen LogP contribution < -0.4 is 10.9 Å². The van der Waals surface area contributed by atoms with Crippen molar-refractivity contribution in [3.8, 4) is 0 Å². The molecule has 3 N–H and O–H groups in total. The highest BCUT2D eigenvalue weighted by Gasteiger charge is 2.16. The van der Waals surface area contributed by atoms with Crippen LogP contribution in [0.1, 0.15) is 31.1 Å². The van der Waals surface area contributed by atoms with Crippen LogP contribution in [0.4, 0.5) is 5.69 Å². The van der Waals surface area contributed by atoms with Gasteiger partial charge in [0.05, 0.1) is 16.1 Å². The summed E-state index contributed by atoms with van der Waals surface area (Å²) in [5.41, 5.74) is 3.79. The summed E-state index contributed by atoms with van der Waals surface area (Å²) in [5, 5.41) is 19.6. The minimum Gasteiger partial charge on any atom is -0.478 e. The van der Waals surface area contributed by atoms with Crippen LogP contribution in [0.25, 0.3) is 0 Å². The van der Waals surface area contributed by atoms with Crippen molar-refractivity contribution in [3.63, 3.8) is 0 Å². The van der Waals surface area contributed by atoms with Crippen LogP contribution >= 0.6 is 0 Å². The normalized spacial score (nSPS) is 9.83. The predicted octanol–water partition coefficient (Wildman–Crippen LogP) is 1.37. The molecule has 0 heterocycles. The average molecular weight is 329 g/mol. The molecule has 0 spiro atoms. The van der Waals surface area contributed by atoms with Crippen molar-refractivity contribution in [2.24, 2.45) is 0 Å². The molecule has 0 saturated heterocycles. The Bertz CT molecular complexity index is 816. The third kappa shape index (κ3) is 3.71. The van der Waals surface area contributed by atoms with E-state index < -0.39 is 22.7 Å². The second-order valence-electron chi connectivity index (χ2n) is 4.56. The highest BCUT2D eigenvalue weighted by molar-refractivity contribution is 6.05. The standard InChI is InChI=1S/C15H11N3O6/c19-13(9-5-7-10(8-6-9)18(23)24)16-17-14(20)11-3-1-2-4-12(11)15(21)22/h1-8H,(H,16,19)(H,17,20)(H,21,22). The van der Waals surface area contributed by atoms with Gasteiger partial charge in [0.2, 0.25) is 0 Å². The van der Waals surface area contributed by atoms with E-state index in [1.165, 1.54) is 36.4 Å². The summed E-state index contributed by atoms with van der Waals surface area (Å²) in [6.07, 6.45) is 0. The molecular formula is C15H11N3O6. The lowest BCUT2D eigenvalue weighted by molar-refractivity contribution is -0.384. The number of aromatic carboxylic acids is 1. The van der Waals surface area contributed by atoms with Crippen LogP contribution in [0.5, 0.6) is 0 Å². The molecular weight excluding hydrogens is 318 g/mol. The largest absolute Gasteiger partial charge is 0.478 e. The average Bonchev–Trinajstić information content (AvgIpc) is 2.59. The fraction of sp³-hybridized carbons (Fsp3) is 0. The maximum Gasteiger partial charge on any atom is 0.336 e. The number of non-ortho nitro benzene ring substituents is 1. The number of carbonyl (C=O) groups excluding carboxylic acids is 2. The quantitative estimate of drug-likeness (QED) is 0.572. The van der Waals surface area contributed by atoms with Crippen LogP contribution in [0.15, 0.2) is 48.5 Å². The number of hydrogen-bond donors (Lipinski definition) is 3. The Labute approximate surface area is 135 Å². The number of nitro groups is 1. The van der Waals surface area contributed by atoms with Gasteiger partial charge in [-0.05, 0) is 24.3 Å². The maximum atomic E-state index is 12.0. The molecule has 0 saturated carbocycles. The van der Waals surface area contributed by atoms with Crippen molar-refractivity contribution < 1.29 is 24.4 Å². The van der Waals surface area contributed by atoms with Crippen molar-refractivity contribution in [3.05, 3.63) is 75.3 Å². The molecule has 0 atom stereocenters.